The number of hydrogen-bond donors (Lipinski definition) is 0. The normalized spacial score (nSPS) is 10.5. The Balaban J connectivity index is 1.86. The third-order valence-corrected chi connectivity index (χ3v) is 4.04. The Kier molecular flexibility index (Phi) is 3.83. The molecule has 2 aromatic heterocycles. The molecule has 0 aliphatic carbocycles. The summed E-state index contributed by atoms with van der Waals surface area (Å²) in [5, 5.41) is 2.90. The monoisotopic (exact) mass is 298 g/mol. The van der Waals surface area contributed by atoms with Crippen LogP contribution in [0.5, 0.6) is 5.75 Å². The maximum Gasteiger partial charge on any atom is 0.250 e. The van der Waals surface area contributed by atoms with Crippen LogP contribution in [0.25, 0.3) is 10.6 Å². The summed E-state index contributed by atoms with van der Waals surface area (Å²) in [5.41, 5.74) is 1.88. The molecular weight excluding hydrogens is 284 g/mol. The summed E-state index contributed by atoms with van der Waals surface area (Å²) in [6.07, 6.45) is 1.77. The van der Waals surface area contributed by atoms with Crippen molar-refractivity contribution in [1.29, 1.82) is 0 Å². The van der Waals surface area contributed by atoms with Crippen LogP contribution in [-0.2, 0) is 6.54 Å². The molecule has 0 spiro atoms. The SMILES string of the molecule is COc1cccc(-c2nc(Cn3ccccc3=O)cs2)c1. The third kappa shape index (κ3) is 3.03. The molecule has 0 amide bonds. The van der Waals surface area contributed by atoms with Crippen molar-refractivity contribution in [3.8, 4) is 16.3 Å². The van der Waals surface area contributed by atoms with Gasteiger partial charge in [-0.1, -0.05) is 18.2 Å². The van der Waals surface area contributed by atoms with Crippen molar-refractivity contribution in [2.24, 2.45) is 0 Å². The highest BCUT2D eigenvalue weighted by atomic mass is 32.1. The molecule has 5 heteroatoms. The summed E-state index contributed by atoms with van der Waals surface area (Å²) in [7, 11) is 1.65. The molecule has 106 valence electrons. The van der Waals surface area contributed by atoms with Gasteiger partial charge in [0, 0.05) is 23.2 Å². The van der Waals surface area contributed by atoms with E-state index >= 15 is 0 Å². The van der Waals surface area contributed by atoms with Gasteiger partial charge in [-0.25, -0.2) is 4.98 Å². The van der Waals surface area contributed by atoms with E-state index in [1.54, 1.807) is 41.3 Å². The molecule has 2 heterocycles. The van der Waals surface area contributed by atoms with Crippen LogP contribution in [-0.4, -0.2) is 16.7 Å². The van der Waals surface area contributed by atoms with Crippen LogP contribution >= 0.6 is 11.3 Å². The Hall–Kier alpha value is -2.40. The van der Waals surface area contributed by atoms with Crippen molar-refractivity contribution in [2.75, 3.05) is 7.11 Å². The van der Waals surface area contributed by atoms with Crippen molar-refractivity contribution >= 4 is 11.3 Å². The van der Waals surface area contributed by atoms with Crippen LogP contribution in [0.15, 0.2) is 58.8 Å². The molecule has 0 N–H and O–H groups in total. The Morgan fingerprint density at radius 3 is 2.95 bits per heavy atom. The minimum atomic E-state index is -0.0200. The number of benzene rings is 1. The summed E-state index contributed by atoms with van der Waals surface area (Å²) in [6, 6.07) is 12.9. The molecule has 3 rings (SSSR count). The fourth-order valence-corrected chi connectivity index (χ4v) is 2.84. The smallest absolute Gasteiger partial charge is 0.250 e. The largest absolute Gasteiger partial charge is 0.497 e. The first-order valence-electron chi connectivity index (χ1n) is 6.50. The predicted molar refractivity (Wildman–Crippen MR) is 83.9 cm³/mol. The minimum Gasteiger partial charge on any atom is -0.497 e. The highest BCUT2D eigenvalue weighted by Gasteiger charge is 2.06. The van der Waals surface area contributed by atoms with Gasteiger partial charge in [0.05, 0.1) is 19.3 Å². The number of methoxy groups -OCH3 is 1. The van der Waals surface area contributed by atoms with Crippen LogP contribution < -0.4 is 10.3 Å². The second kappa shape index (κ2) is 5.93. The molecule has 3 aromatic rings. The first kappa shape index (κ1) is 13.6. The number of ether oxygens (including phenoxy) is 1. The van der Waals surface area contributed by atoms with E-state index in [-0.39, 0.29) is 5.56 Å². The molecule has 0 aliphatic heterocycles. The number of pyridine rings is 1. The number of thiazole rings is 1. The lowest BCUT2D eigenvalue weighted by Crippen LogP contribution is -2.18. The van der Waals surface area contributed by atoms with Gasteiger partial charge in [-0.05, 0) is 18.2 Å². The van der Waals surface area contributed by atoms with Gasteiger partial charge in [-0.15, -0.1) is 11.3 Å². The van der Waals surface area contributed by atoms with Crippen LogP contribution in [0.3, 0.4) is 0 Å². The Bertz CT molecular complexity index is 808. The average molecular weight is 298 g/mol. The van der Waals surface area contributed by atoms with E-state index < -0.39 is 0 Å². The Morgan fingerprint density at radius 1 is 1.24 bits per heavy atom. The quantitative estimate of drug-likeness (QED) is 0.743. The van der Waals surface area contributed by atoms with E-state index in [1.165, 1.54) is 0 Å². The fraction of sp³-hybridized carbons (Fsp3) is 0.125. The molecule has 0 unspecified atom stereocenters. The molecule has 0 radical (unpaired) electrons. The molecule has 0 saturated carbocycles. The van der Waals surface area contributed by atoms with Crippen molar-refractivity contribution in [2.45, 2.75) is 6.54 Å². The zero-order chi connectivity index (χ0) is 14.7. The van der Waals surface area contributed by atoms with Gasteiger partial charge < -0.3 is 9.30 Å². The van der Waals surface area contributed by atoms with Gasteiger partial charge >= 0.3 is 0 Å². The Labute approximate surface area is 126 Å². The van der Waals surface area contributed by atoms with Crippen molar-refractivity contribution in [3.63, 3.8) is 0 Å². The highest BCUT2D eigenvalue weighted by molar-refractivity contribution is 7.13. The zero-order valence-corrected chi connectivity index (χ0v) is 12.3. The third-order valence-electron chi connectivity index (χ3n) is 3.10. The van der Waals surface area contributed by atoms with Crippen LogP contribution in [0.1, 0.15) is 5.69 Å². The van der Waals surface area contributed by atoms with E-state index in [0.29, 0.717) is 6.54 Å². The molecule has 0 aliphatic rings. The van der Waals surface area contributed by atoms with E-state index in [2.05, 4.69) is 4.98 Å². The molecule has 1 aromatic carbocycles. The van der Waals surface area contributed by atoms with Gasteiger partial charge in [-0.3, -0.25) is 4.79 Å². The molecule has 0 saturated heterocycles. The lowest BCUT2D eigenvalue weighted by Gasteiger charge is -2.02. The van der Waals surface area contributed by atoms with Gasteiger partial charge in [0.25, 0.3) is 5.56 Å². The van der Waals surface area contributed by atoms with Crippen LogP contribution in [0.4, 0.5) is 0 Å². The van der Waals surface area contributed by atoms with Crippen molar-refractivity contribution in [3.05, 3.63) is 70.1 Å². The van der Waals surface area contributed by atoms with Gasteiger partial charge in [0.2, 0.25) is 0 Å². The standard InChI is InChI=1S/C16H14N2O2S/c1-20-14-6-4-5-12(9-14)16-17-13(11-21-16)10-18-8-3-2-7-15(18)19/h2-9,11H,10H2,1H3. The highest BCUT2D eigenvalue weighted by Crippen LogP contribution is 2.26. The maximum absolute atomic E-state index is 11.7. The number of rotatable bonds is 4. The zero-order valence-electron chi connectivity index (χ0n) is 11.5. The summed E-state index contributed by atoms with van der Waals surface area (Å²) in [6.45, 7) is 0.486. The second-order valence-electron chi connectivity index (χ2n) is 4.54. The second-order valence-corrected chi connectivity index (χ2v) is 5.40. The molecular formula is C16H14N2O2S. The molecule has 0 fully saturated rings. The number of aromatic nitrogens is 2. The van der Waals surface area contributed by atoms with Crippen LogP contribution in [0.2, 0.25) is 0 Å². The number of hydrogen-bond acceptors (Lipinski definition) is 4. The predicted octanol–water partition coefficient (Wildman–Crippen LogP) is 3.03. The average Bonchev–Trinajstić information content (AvgIpc) is 2.98. The lowest BCUT2D eigenvalue weighted by atomic mass is 10.2. The summed E-state index contributed by atoms with van der Waals surface area (Å²) >= 11 is 1.56. The molecule has 4 nitrogen and oxygen atoms in total. The Morgan fingerprint density at radius 2 is 2.14 bits per heavy atom. The van der Waals surface area contributed by atoms with E-state index in [1.807, 2.05) is 35.7 Å². The van der Waals surface area contributed by atoms with Crippen molar-refractivity contribution in [1.82, 2.24) is 9.55 Å². The maximum atomic E-state index is 11.7. The van der Waals surface area contributed by atoms with Crippen LogP contribution in [0, 0.1) is 0 Å². The van der Waals surface area contributed by atoms with E-state index in [9.17, 15) is 4.79 Å². The lowest BCUT2D eigenvalue weighted by molar-refractivity contribution is 0.415. The van der Waals surface area contributed by atoms with E-state index in [0.717, 1.165) is 22.0 Å². The van der Waals surface area contributed by atoms with Gasteiger partial charge in [-0.2, -0.15) is 0 Å². The topological polar surface area (TPSA) is 44.1 Å². The first-order chi connectivity index (χ1) is 10.3. The molecule has 21 heavy (non-hydrogen) atoms. The summed E-state index contributed by atoms with van der Waals surface area (Å²) in [4.78, 5) is 16.3. The summed E-state index contributed by atoms with van der Waals surface area (Å²) in [5.74, 6) is 0.809. The molecule has 0 atom stereocenters. The van der Waals surface area contributed by atoms with E-state index in [4.69, 9.17) is 4.74 Å². The number of nitrogens with zero attached hydrogens (tertiary/aromatic N) is 2. The molecule has 0 bridgehead atoms. The van der Waals surface area contributed by atoms with Gasteiger partial charge in [0.1, 0.15) is 10.8 Å². The first-order valence-corrected chi connectivity index (χ1v) is 7.38. The van der Waals surface area contributed by atoms with Gasteiger partial charge in [0.15, 0.2) is 0 Å². The minimum absolute atomic E-state index is 0.0200. The summed E-state index contributed by atoms with van der Waals surface area (Å²) < 4.78 is 6.87. The fourth-order valence-electron chi connectivity index (χ4n) is 2.03. The van der Waals surface area contributed by atoms with Crippen molar-refractivity contribution < 1.29 is 4.74 Å².